The van der Waals surface area contributed by atoms with E-state index in [-0.39, 0.29) is 18.2 Å². The fraction of sp³-hybridized carbons (Fsp3) is 0.562. The van der Waals surface area contributed by atoms with Gasteiger partial charge in [0.1, 0.15) is 16.5 Å². The molecule has 8 heteroatoms. The van der Waals surface area contributed by atoms with Crippen molar-refractivity contribution in [2.75, 3.05) is 26.3 Å². The Morgan fingerprint density at radius 2 is 1.88 bits per heavy atom. The normalized spacial score (nSPS) is 25.0. The second-order valence-electron chi connectivity index (χ2n) is 6.19. The molecule has 1 saturated heterocycles. The summed E-state index contributed by atoms with van der Waals surface area (Å²) in [5, 5.41) is -0.813. The molecule has 1 aliphatic carbocycles. The average Bonchev–Trinajstić information content (AvgIpc) is 3.05. The lowest BCUT2D eigenvalue weighted by Gasteiger charge is -2.29. The van der Waals surface area contributed by atoms with Crippen molar-refractivity contribution in [3.63, 3.8) is 0 Å². The molecular weight excluding hydrogens is 340 g/mol. The number of hydrogen-bond donors (Lipinski definition) is 0. The molecule has 5 nitrogen and oxygen atoms in total. The van der Waals surface area contributed by atoms with Gasteiger partial charge < -0.3 is 9.64 Å². The van der Waals surface area contributed by atoms with Crippen LogP contribution in [0, 0.1) is 17.6 Å². The van der Waals surface area contributed by atoms with Gasteiger partial charge in [-0.05, 0) is 31.4 Å². The summed E-state index contributed by atoms with van der Waals surface area (Å²) in [6.45, 7) is 2.00. The molecule has 1 aromatic rings. The van der Waals surface area contributed by atoms with Crippen LogP contribution in [0.1, 0.15) is 19.3 Å². The third-order valence-corrected chi connectivity index (χ3v) is 6.95. The molecule has 1 aliphatic heterocycles. The van der Waals surface area contributed by atoms with E-state index in [9.17, 15) is 22.0 Å². The minimum absolute atomic E-state index is 0.0596. The van der Waals surface area contributed by atoms with E-state index in [0.29, 0.717) is 45.2 Å². The maximum absolute atomic E-state index is 13.8. The molecule has 1 amide bonds. The molecule has 0 N–H and O–H groups in total. The summed E-state index contributed by atoms with van der Waals surface area (Å²) >= 11 is 0. The Labute approximate surface area is 139 Å². The van der Waals surface area contributed by atoms with Gasteiger partial charge in [0.05, 0.1) is 18.5 Å². The fourth-order valence-corrected chi connectivity index (χ4v) is 5.25. The topological polar surface area (TPSA) is 63.7 Å². The average molecular weight is 359 g/mol. The SMILES string of the molecule is O=C([C@H]1CC[C@@H](S(=O)(=O)c2ccc(F)cc2F)C1)N1CCOCC1. The van der Waals surface area contributed by atoms with Crippen molar-refractivity contribution in [2.24, 2.45) is 5.92 Å². The molecule has 0 unspecified atom stereocenters. The molecule has 2 atom stereocenters. The van der Waals surface area contributed by atoms with E-state index in [1.807, 2.05) is 0 Å². The van der Waals surface area contributed by atoms with E-state index in [1.165, 1.54) is 0 Å². The Morgan fingerprint density at radius 1 is 1.17 bits per heavy atom. The van der Waals surface area contributed by atoms with Gasteiger partial charge >= 0.3 is 0 Å². The van der Waals surface area contributed by atoms with Crippen LogP contribution in [0.3, 0.4) is 0 Å². The van der Waals surface area contributed by atoms with Gasteiger partial charge in [-0.3, -0.25) is 4.79 Å². The summed E-state index contributed by atoms with van der Waals surface area (Å²) in [4.78, 5) is 13.7. The molecule has 0 spiro atoms. The number of amides is 1. The number of benzene rings is 1. The van der Waals surface area contributed by atoms with Gasteiger partial charge in [0, 0.05) is 25.1 Å². The minimum Gasteiger partial charge on any atom is -0.378 e. The first-order valence-corrected chi connectivity index (χ1v) is 9.49. The predicted molar refractivity (Wildman–Crippen MR) is 82.1 cm³/mol. The van der Waals surface area contributed by atoms with E-state index < -0.39 is 31.6 Å². The highest BCUT2D eigenvalue weighted by atomic mass is 32.2. The van der Waals surface area contributed by atoms with E-state index >= 15 is 0 Å². The first-order chi connectivity index (χ1) is 11.4. The first kappa shape index (κ1) is 17.3. The monoisotopic (exact) mass is 359 g/mol. The number of carbonyl (C=O) groups is 1. The standard InChI is InChI=1S/C16H19F2NO4S/c17-12-2-4-15(14(18)10-12)24(21,22)13-3-1-11(9-13)16(20)19-5-7-23-8-6-19/h2,4,10-11,13H,1,3,5-9H2/t11-,13+/m0/s1. The number of nitrogens with zero attached hydrogens (tertiary/aromatic N) is 1. The lowest BCUT2D eigenvalue weighted by Crippen LogP contribution is -2.43. The second kappa shape index (κ2) is 6.76. The minimum atomic E-state index is -3.92. The van der Waals surface area contributed by atoms with Crippen LogP contribution in [0.2, 0.25) is 0 Å². The van der Waals surface area contributed by atoms with Gasteiger partial charge in [-0.2, -0.15) is 0 Å². The van der Waals surface area contributed by atoms with Crippen LogP contribution >= 0.6 is 0 Å². The number of ether oxygens (including phenoxy) is 1. The summed E-state index contributed by atoms with van der Waals surface area (Å²) < 4.78 is 57.2. The Kier molecular flexibility index (Phi) is 4.87. The predicted octanol–water partition coefficient (Wildman–Crippen LogP) is 1.77. The van der Waals surface area contributed by atoms with Gasteiger partial charge in [0.15, 0.2) is 9.84 Å². The van der Waals surface area contributed by atoms with Gasteiger partial charge in [0.25, 0.3) is 0 Å². The number of hydrogen-bond acceptors (Lipinski definition) is 4. The van der Waals surface area contributed by atoms with E-state index in [0.717, 1.165) is 12.1 Å². The maximum Gasteiger partial charge on any atom is 0.225 e. The summed E-state index contributed by atoms with van der Waals surface area (Å²) in [5.41, 5.74) is 0. The van der Waals surface area contributed by atoms with Crippen LogP contribution in [0.15, 0.2) is 23.1 Å². The molecule has 132 valence electrons. The lowest BCUT2D eigenvalue weighted by atomic mass is 10.1. The molecular formula is C16H19F2NO4S. The van der Waals surface area contributed by atoms with E-state index in [2.05, 4.69) is 0 Å². The molecule has 24 heavy (non-hydrogen) atoms. The van der Waals surface area contributed by atoms with Crippen molar-refractivity contribution in [2.45, 2.75) is 29.4 Å². The van der Waals surface area contributed by atoms with Crippen LogP contribution in [0.25, 0.3) is 0 Å². The van der Waals surface area contributed by atoms with Crippen LogP contribution in [-0.4, -0.2) is 50.8 Å². The quantitative estimate of drug-likeness (QED) is 0.772. The summed E-state index contributed by atoms with van der Waals surface area (Å²) in [5.74, 6) is -2.34. The molecule has 0 radical (unpaired) electrons. The molecule has 2 fully saturated rings. The van der Waals surface area contributed by atoms with E-state index in [4.69, 9.17) is 4.74 Å². The Morgan fingerprint density at radius 3 is 2.54 bits per heavy atom. The zero-order chi connectivity index (χ0) is 17.3. The summed E-state index contributed by atoms with van der Waals surface area (Å²) in [7, 11) is -3.92. The third kappa shape index (κ3) is 3.30. The zero-order valence-electron chi connectivity index (χ0n) is 13.1. The van der Waals surface area contributed by atoms with Gasteiger partial charge in [-0.25, -0.2) is 17.2 Å². The van der Waals surface area contributed by atoms with Crippen molar-refractivity contribution >= 4 is 15.7 Å². The molecule has 0 bridgehead atoms. The summed E-state index contributed by atoms with van der Waals surface area (Å²) in [6.07, 6.45) is 0.943. The molecule has 1 aromatic carbocycles. The van der Waals surface area contributed by atoms with Crippen LogP contribution in [-0.2, 0) is 19.4 Å². The number of halogens is 2. The van der Waals surface area contributed by atoms with E-state index in [1.54, 1.807) is 4.90 Å². The number of carbonyl (C=O) groups excluding carboxylic acids is 1. The molecule has 1 heterocycles. The van der Waals surface area contributed by atoms with Crippen molar-refractivity contribution in [3.8, 4) is 0 Å². The Bertz CT molecular complexity index is 732. The smallest absolute Gasteiger partial charge is 0.225 e. The molecule has 0 aromatic heterocycles. The van der Waals surface area contributed by atoms with Crippen LogP contribution < -0.4 is 0 Å². The van der Waals surface area contributed by atoms with Gasteiger partial charge in [0.2, 0.25) is 5.91 Å². The largest absolute Gasteiger partial charge is 0.378 e. The van der Waals surface area contributed by atoms with Crippen LogP contribution in [0.4, 0.5) is 8.78 Å². The number of rotatable bonds is 3. The second-order valence-corrected chi connectivity index (χ2v) is 8.39. The molecule has 3 rings (SSSR count). The van der Waals surface area contributed by atoms with Crippen molar-refractivity contribution < 1.29 is 26.7 Å². The third-order valence-electron chi connectivity index (χ3n) is 4.70. The van der Waals surface area contributed by atoms with Crippen LogP contribution in [0.5, 0.6) is 0 Å². The Balaban J connectivity index is 1.73. The highest BCUT2D eigenvalue weighted by Crippen LogP contribution is 2.35. The molecule has 2 aliphatic rings. The number of morpholine rings is 1. The summed E-state index contributed by atoms with van der Waals surface area (Å²) in [6, 6.07) is 2.45. The van der Waals surface area contributed by atoms with Crippen molar-refractivity contribution in [1.82, 2.24) is 4.90 Å². The fourth-order valence-electron chi connectivity index (χ4n) is 3.37. The lowest BCUT2D eigenvalue weighted by molar-refractivity contribution is -0.139. The zero-order valence-corrected chi connectivity index (χ0v) is 13.9. The Hall–Kier alpha value is -1.54. The number of sulfone groups is 1. The van der Waals surface area contributed by atoms with Crippen molar-refractivity contribution in [3.05, 3.63) is 29.8 Å². The highest BCUT2D eigenvalue weighted by Gasteiger charge is 2.40. The van der Waals surface area contributed by atoms with Gasteiger partial charge in [-0.15, -0.1) is 0 Å². The highest BCUT2D eigenvalue weighted by molar-refractivity contribution is 7.92. The van der Waals surface area contributed by atoms with Crippen molar-refractivity contribution in [1.29, 1.82) is 0 Å². The maximum atomic E-state index is 13.8. The molecule has 1 saturated carbocycles. The van der Waals surface area contributed by atoms with Gasteiger partial charge in [-0.1, -0.05) is 0 Å². The first-order valence-electron chi connectivity index (χ1n) is 7.95.